The molecule has 1 N–H and O–H groups in total. The third-order valence-corrected chi connectivity index (χ3v) is 6.58. The predicted molar refractivity (Wildman–Crippen MR) is 140 cm³/mol. The Bertz CT molecular complexity index is 1190. The second-order valence-electron chi connectivity index (χ2n) is 9.08. The third kappa shape index (κ3) is 5.67. The smallest absolute Gasteiger partial charge is 0.277 e. The van der Waals surface area contributed by atoms with Crippen molar-refractivity contribution in [2.75, 3.05) is 19.1 Å². The van der Waals surface area contributed by atoms with E-state index in [-0.39, 0.29) is 23.6 Å². The van der Waals surface area contributed by atoms with Crippen LogP contribution in [0, 0.1) is 6.92 Å². The minimum Gasteiger partial charge on any atom is -0.497 e. The number of nitrogens with zero attached hydrogens (tertiary/aromatic N) is 2. The molecule has 36 heavy (non-hydrogen) atoms. The SMILES string of the molecule is COc1ccc([C@H](C(=O)NC2CCCCC2)N(C(=O)c2ccccn2)c2cccc(C)c2)c(OC)c1. The summed E-state index contributed by atoms with van der Waals surface area (Å²) in [5.74, 6) is 0.434. The molecule has 1 saturated carbocycles. The number of hydrogen-bond acceptors (Lipinski definition) is 5. The van der Waals surface area contributed by atoms with Crippen molar-refractivity contribution in [2.24, 2.45) is 0 Å². The summed E-state index contributed by atoms with van der Waals surface area (Å²) < 4.78 is 11.1. The summed E-state index contributed by atoms with van der Waals surface area (Å²) in [6.07, 6.45) is 6.77. The Hall–Kier alpha value is -3.87. The van der Waals surface area contributed by atoms with Crippen molar-refractivity contribution < 1.29 is 19.1 Å². The number of hydrogen-bond donors (Lipinski definition) is 1. The highest BCUT2D eigenvalue weighted by Crippen LogP contribution is 2.37. The molecule has 1 aliphatic carbocycles. The van der Waals surface area contributed by atoms with Crippen molar-refractivity contribution in [2.45, 2.75) is 51.1 Å². The Labute approximate surface area is 212 Å². The quantitative estimate of drug-likeness (QED) is 0.470. The molecule has 2 aromatic carbocycles. The Morgan fingerprint density at radius 2 is 1.78 bits per heavy atom. The molecule has 4 rings (SSSR count). The van der Waals surface area contributed by atoms with Crippen molar-refractivity contribution >= 4 is 17.5 Å². The van der Waals surface area contributed by atoms with Crippen LogP contribution < -0.4 is 19.7 Å². The highest BCUT2D eigenvalue weighted by molar-refractivity contribution is 6.09. The van der Waals surface area contributed by atoms with E-state index >= 15 is 0 Å². The summed E-state index contributed by atoms with van der Waals surface area (Å²) in [5, 5.41) is 3.23. The van der Waals surface area contributed by atoms with Crippen molar-refractivity contribution in [3.63, 3.8) is 0 Å². The average Bonchev–Trinajstić information content (AvgIpc) is 2.92. The Morgan fingerprint density at radius 1 is 0.972 bits per heavy atom. The van der Waals surface area contributed by atoms with Gasteiger partial charge in [0.1, 0.15) is 23.2 Å². The van der Waals surface area contributed by atoms with E-state index in [0.29, 0.717) is 22.7 Å². The number of carbonyl (C=O) groups excluding carboxylic acids is 2. The number of benzene rings is 2. The number of nitrogens with one attached hydrogen (secondary N) is 1. The third-order valence-electron chi connectivity index (χ3n) is 6.58. The Balaban J connectivity index is 1.87. The first kappa shape index (κ1) is 25.2. The lowest BCUT2D eigenvalue weighted by atomic mass is 9.94. The number of anilines is 1. The molecule has 1 atom stereocenters. The summed E-state index contributed by atoms with van der Waals surface area (Å²) in [7, 11) is 3.12. The average molecular weight is 488 g/mol. The first-order valence-corrected chi connectivity index (χ1v) is 12.4. The summed E-state index contributed by atoms with van der Waals surface area (Å²) in [6, 6.07) is 17.1. The van der Waals surface area contributed by atoms with Gasteiger partial charge in [0.2, 0.25) is 5.91 Å². The number of aromatic nitrogens is 1. The lowest BCUT2D eigenvalue weighted by Gasteiger charge is -2.34. The van der Waals surface area contributed by atoms with E-state index in [9.17, 15) is 9.59 Å². The number of amides is 2. The van der Waals surface area contributed by atoms with Crippen LogP contribution in [0.25, 0.3) is 0 Å². The van der Waals surface area contributed by atoms with E-state index < -0.39 is 6.04 Å². The zero-order chi connectivity index (χ0) is 25.5. The van der Waals surface area contributed by atoms with Gasteiger partial charge < -0.3 is 14.8 Å². The number of ether oxygens (including phenoxy) is 2. The van der Waals surface area contributed by atoms with Crippen LogP contribution in [0.4, 0.5) is 5.69 Å². The van der Waals surface area contributed by atoms with Gasteiger partial charge in [-0.1, -0.05) is 37.5 Å². The molecule has 1 aliphatic rings. The van der Waals surface area contributed by atoms with E-state index in [4.69, 9.17) is 9.47 Å². The van der Waals surface area contributed by atoms with Crippen LogP contribution in [-0.4, -0.2) is 37.1 Å². The molecular formula is C29H33N3O4. The van der Waals surface area contributed by atoms with Gasteiger partial charge in [0.15, 0.2) is 0 Å². The van der Waals surface area contributed by atoms with E-state index in [1.165, 1.54) is 11.3 Å². The molecule has 0 radical (unpaired) electrons. The lowest BCUT2D eigenvalue weighted by Crippen LogP contribution is -2.47. The van der Waals surface area contributed by atoms with Crippen LogP contribution in [0.15, 0.2) is 66.9 Å². The molecule has 0 spiro atoms. The Kier molecular flexibility index (Phi) is 8.21. The standard InChI is InChI=1S/C29H33N3O4/c1-20-10-9-13-22(18-20)32(29(34)25-14-7-8-17-30-25)27(28(33)31-21-11-5-4-6-12-21)24-16-15-23(35-2)19-26(24)36-3/h7-10,13-19,21,27H,4-6,11-12H2,1-3H3,(H,31,33)/t27-/m1/s1. The van der Waals surface area contributed by atoms with Crippen molar-refractivity contribution in [1.29, 1.82) is 0 Å². The molecular weight excluding hydrogens is 454 g/mol. The second-order valence-corrected chi connectivity index (χ2v) is 9.08. The molecule has 0 bridgehead atoms. The highest BCUT2D eigenvalue weighted by Gasteiger charge is 2.37. The summed E-state index contributed by atoms with van der Waals surface area (Å²) in [5.41, 5.74) is 2.39. The zero-order valence-corrected chi connectivity index (χ0v) is 21.1. The van der Waals surface area contributed by atoms with Gasteiger partial charge in [0.25, 0.3) is 5.91 Å². The summed E-state index contributed by atoms with van der Waals surface area (Å²) >= 11 is 0. The molecule has 7 heteroatoms. The highest BCUT2D eigenvalue weighted by atomic mass is 16.5. The number of carbonyl (C=O) groups is 2. The molecule has 1 heterocycles. The van der Waals surface area contributed by atoms with E-state index in [2.05, 4.69) is 10.3 Å². The monoisotopic (exact) mass is 487 g/mol. The fourth-order valence-electron chi connectivity index (χ4n) is 4.74. The van der Waals surface area contributed by atoms with Gasteiger partial charge in [-0.15, -0.1) is 0 Å². The maximum absolute atomic E-state index is 14.1. The largest absolute Gasteiger partial charge is 0.497 e. The molecule has 188 valence electrons. The first-order valence-electron chi connectivity index (χ1n) is 12.4. The number of pyridine rings is 1. The molecule has 7 nitrogen and oxygen atoms in total. The number of methoxy groups -OCH3 is 2. The van der Waals surface area contributed by atoms with Gasteiger partial charge in [-0.3, -0.25) is 19.5 Å². The van der Waals surface area contributed by atoms with Crippen LogP contribution >= 0.6 is 0 Å². The molecule has 2 amide bonds. The van der Waals surface area contributed by atoms with Crippen LogP contribution in [0.1, 0.15) is 59.8 Å². The Morgan fingerprint density at radius 3 is 2.44 bits per heavy atom. The second kappa shape index (κ2) is 11.7. The summed E-state index contributed by atoms with van der Waals surface area (Å²) in [4.78, 5) is 33.9. The maximum atomic E-state index is 14.1. The topological polar surface area (TPSA) is 80.8 Å². The van der Waals surface area contributed by atoms with E-state index in [0.717, 1.165) is 31.2 Å². The predicted octanol–water partition coefficient (Wildman–Crippen LogP) is 5.24. The number of rotatable bonds is 8. The van der Waals surface area contributed by atoms with E-state index in [1.54, 1.807) is 56.8 Å². The minimum absolute atomic E-state index is 0.0716. The first-order chi connectivity index (χ1) is 17.5. The minimum atomic E-state index is -0.982. The molecule has 1 fully saturated rings. The molecule has 3 aromatic rings. The van der Waals surface area contributed by atoms with Gasteiger partial charge in [-0.05, 0) is 61.7 Å². The van der Waals surface area contributed by atoms with Crippen LogP contribution in [0.3, 0.4) is 0 Å². The maximum Gasteiger partial charge on any atom is 0.277 e. The van der Waals surface area contributed by atoms with Crippen LogP contribution in [0.2, 0.25) is 0 Å². The fraction of sp³-hybridized carbons (Fsp3) is 0.345. The van der Waals surface area contributed by atoms with Crippen molar-refractivity contribution in [3.8, 4) is 11.5 Å². The van der Waals surface area contributed by atoms with Crippen LogP contribution in [-0.2, 0) is 4.79 Å². The van der Waals surface area contributed by atoms with Crippen molar-refractivity contribution in [1.82, 2.24) is 10.3 Å². The fourth-order valence-corrected chi connectivity index (χ4v) is 4.74. The van der Waals surface area contributed by atoms with Gasteiger partial charge in [-0.25, -0.2) is 0 Å². The van der Waals surface area contributed by atoms with Gasteiger partial charge >= 0.3 is 0 Å². The molecule has 1 aromatic heterocycles. The molecule has 0 saturated heterocycles. The molecule has 0 unspecified atom stereocenters. The normalized spacial score (nSPS) is 14.5. The summed E-state index contributed by atoms with van der Waals surface area (Å²) in [6.45, 7) is 1.96. The van der Waals surface area contributed by atoms with Crippen LogP contribution in [0.5, 0.6) is 11.5 Å². The zero-order valence-electron chi connectivity index (χ0n) is 21.1. The molecule has 0 aliphatic heterocycles. The van der Waals surface area contributed by atoms with Gasteiger partial charge in [0.05, 0.1) is 14.2 Å². The van der Waals surface area contributed by atoms with Gasteiger partial charge in [0, 0.05) is 29.6 Å². The lowest BCUT2D eigenvalue weighted by molar-refractivity contribution is -0.123. The number of aryl methyl sites for hydroxylation is 1. The van der Waals surface area contributed by atoms with E-state index in [1.807, 2.05) is 31.2 Å². The van der Waals surface area contributed by atoms with Gasteiger partial charge in [-0.2, -0.15) is 0 Å². The van der Waals surface area contributed by atoms with Crippen molar-refractivity contribution in [3.05, 3.63) is 83.7 Å².